The molecule has 1 fully saturated rings. The van der Waals surface area contributed by atoms with Crippen LogP contribution in [0.4, 0.5) is 5.69 Å². The van der Waals surface area contributed by atoms with E-state index in [1.165, 1.54) is 11.1 Å². The van der Waals surface area contributed by atoms with E-state index in [9.17, 15) is 0 Å². The number of benzene rings is 1. The van der Waals surface area contributed by atoms with Gasteiger partial charge in [-0.05, 0) is 30.4 Å². The maximum Gasteiger partial charge on any atom is 0.0722 e. The molecule has 2 aromatic rings. The molecule has 1 aromatic heterocycles. The summed E-state index contributed by atoms with van der Waals surface area (Å²) in [5.74, 6) is 0. The fraction of sp³-hybridized carbons (Fsp3) is 0.438. The van der Waals surface area contributed by atoms with Gasteiger partial charge in [-0.3, -0.25) is 4.98 Å². The van der Waals surface area contributed by atoms with E-state index in [0.29, 0.717) is 5.41 Å². The van der Waals surface area contributed by atoms with Gasteiger partial charge in [0.15, 0.2) is 0 Å². The maximum atomic E-state index is 5.45. The van der Waals surface area contributed by atoms with E-state index in [0.717, 1.165) is 38.1 Å². The van der Waals surface area contributed by atoms with E-state index in [1.54, 1.807) is 0 Å². The highest BCUT2D eigenvalue weighted by Crippen LogP contribution is 2.31. The Bertz CT molecular complexity index is 556. The molecule has 3 rings (SSSR count). The predicted octanol–water partition coefficient (Wildman–Crippen LogP) is 3.46. The molecule has 1 aliphatic rings. The van der Waals surface area contributed by atoms with Crippen LogP contribution >= 0.6 is 0 Å². The van der Waals surface area contributed by atoms with Crippen LogP contribution < -0.4 is 5.32 Å². The highest BCUT2D eigenvalue weighted by atomic mass is 16.5. The van der Waals surface area contributed by atoms with E-state index in [1.807, 2.05) is 12.3 Å². The molecule has 3 nitrogen and oxygen atoms in total. The molecule has 0 saturated carbocycles. The van der Waals surface area contributed by atoms with Gasteiger partial charge in [-0.15, -0.1) is 0 Å². The van der Waals surface area contributed by atoms with Gasteiger partial charge in [0.1, 0.15) is 0 Å². The van der Waals surface area contributed by atoms with Gasteiger partial charge in [0, 0.05) is 37.0 Å². The fourth-order valence-electron chi connectivity index (χ4n) is 2.60. The number of hydrogen-bond donors (Lipinski definition) is 1. The summed E-state index contributed by atoms with van der Waals surface area (Å²) in [5.41, 5.74) is 2.56. The largest absolute Gasteiger partial charge is 0.384 e. The molecule has 0 amide bonds. The molecule has 0 atom stereocenters. The normalized spacial score (nSPS) is 18.4. The Kier molecular flexibility index (Phi) is 3.38. The summed E-state index contributed by atoms with van der Waals surface area (Å²) >= 11 is 0. The minimum Gasteiger partial charge on any atom is -0.384 e. The monoisotopic (exact) mass is 256 g/mol. The summed E-state index contributed by atoms with van der Waals surface area (Å²) in [6.45, 7) is 5.10. The molecule has 3 heteroatoms. The number of aromatic nitrogens is 1. The van der Waals surface area contributed by atoms with Crippen molar-refractivity contribution < 1.29 is 4.74 Å². The smallest absolute Gasteiger partial charge is 0.0722 e. The predicted molar refractivity (Wildman–Crippen MR) is 78.4 cm³/mol. The van der Waals surface area contributed by atoms with Crippen molar-refractivity contribution in [2.24, 2.45) is 5.41 Å². The summed E-state index contributed by atoms with van der Waals surface area (Å²) in [5, 5.41) is 4.80. The van der Waals surface area contributed by atoms with Crippen molar-refractivity contribution in [1.82, 2.24) is 4.98 Å². The first-order valence-corrected chi connectivity index (χ1v) is 6.92. The molecule has 0 bridgehead atoms. The first-order chi connectivity index (χ1) is 9.27. The molecule has 1 saturated heterocycles. The second-order valence-corrected chi connectivity index (χ2v) is 5.65. The van der Waals surface area contributed by atoms with Gasteiger partial charge in [-0.2, -0.15) is 0 Å². The Labute approximate surface area is 114 Å². The average Bonchev–Trinajstić information content (AvgIpc) is 2.46. The molecule has 2 heterocycles. The number of para-hydroxylation sites is 1. The second-order valence-electron chi connectivity index (χ2n) is 5.65. The molecule has 0 aliphatic carbocycles. The van der Waals surface area contributed by atoms with Crippen molar-refractivity contribution in [3.8, 4) is 0 Å². The standard InChI is InChI=1S/C16H20N2O/c1-16(7-10-19-11-8-16)12-18-15-6-9-17-14-5-3-2-4-13(14)15/h2-6,9H,7-8,10-12H2,1H3,(H,17,18). The van der Waals surface area contributed by atoms with Gasteiger partial charge >= 0.3 is 0 Å². The lowest BCUT2D eigenvalue weighted by atomic mass is 9.82. The number of nitrogens with zero attached hydrogens (tertiary/aromatic N) is 1. The molecular formula is C16H20N2O. The Morgan fingerprint density at radius 2 is 2.00 bits per heavy atom. The summed E-state index contributed by atoms with van der Waals surface area (Å²) in [7, 11) is 0. The zero-order valence-electron chi connectivity index (χ0n) is 11.4. The van der Waals surface area contributed by atoms with Crippen LogP contribution in [0.5, 0.6) is 0 Å². The first kappa shape index (κ1) is 12.4. The quantitative estimate of drug-likeness (QED) is 0.913. The van der Waals surface area contributed by atoms with E-state index >= 15 is 0 Å². The van der Waals surface area contributed by atoms with Crippen LogP contribution in [-0.4, -0.2) is 24.7 Å². The molecule has 0 radical (unpaired) electrons. The van der Waals surface area contributed by atoms with Crippen LogP contribution in [0.1, 0.15) is 19.8 Å². The summed E-state index contributed by atoms with van der Waals surface area (Å²) in [6.07, 6.45) is 4.13. The topological polar surface area (TPSA) is 34.2 Å². The van der Waals surface area contributed by atoms with Crippen molar-refractivity contribution in [3.63, 3.8) is 0 Å². The van der Waals surface area contributed by atoms with Crippen LogP contribution in [0.3, 0.4) is 0 Å². The molecule has 19 heavy (non-hydrogen) atoms. The van der Waals surface area contributed by atoms with Gasteiger partial charge in [0.05, 0.1) is 5.52 Å². The second kappa shape index (κ2) is 5.17. The Morgan fingerprint density at radius 3 is 2.84 bits per heavy atom. The number of pyridine rings is 1. The molecule has 1 aromatic carbocycles. The number of rotatable bonds is 3. The highest BCUT2D eigenvalue weighted by Gasteiger charge is 2.27. The third-order valence-corrected chi connectivity index (χ3v) is 4.05. The molecular weight excluding hydrogens is 236 g/mol. The van der Waals surface area contributed by atoms with Crippen molar-refractivity contribution >= 4 is 16.6 Å². The summed E-state index contributed by atoms with van der Waals surface area (Å²) in [6, 6.07) is 10.3. The summed E-state index contributed by atoms with van der Waals surface area (Å²) < 4.78 is 5.45. The lowest BCUT2D eigenvalue weighted by molar-refractivity contribution is 0.0300. The van der Waals surface area contributed by atoms with E-state index in [4.69, 9.17) is 4.74 Å². The number of anilines is 1. The van der Waals surface area contributed by atoms with Crippen molar-refractivity contribution in [3.05, 3.63) is 36.5 Å². The number of ether oxygens (including phenoxy) is 1. The number of hydrogen-bond acceptors (Lipinski definition) is 3. The Hall–Kier alpha value is -1.61. The van der Waals surface area contributed by atoms with Crippen molar-refractivity contribution in [2.45, 2.75) is 19.8 Å². The Balaban J connectivity index is 1.78. The van der Waals surface area contributed by atoms with Crippen molar-refractivity contribution in [1.29, 1.82) is 0 Å². The third kappa shape index (κ3) is 2.71. The molecule has 1 aliphatic heterocycles. The maximum absolute atomic E-state index is 5.45. The SMILES string of the molecule is CC1(CNc2ccnc3ccccc23)CCOCC1. The highest BCUT2D eigenvalue weighted by molar-refractivity contribution is 5.90. The van der Waals surface area contributed by atoms with Gasteiger partial charge in [0.25, 0.3) is 0 Å². The van der Waals surface area contributed by atoms with Crippen LogP contribution in [0, 0.1) is 5.41 Å². The van der Waals surface area contributed by atoms with Crippen LogP contribution in [0.15, 0.2) is 36.5 Å². The molecule has 100 valence electrons. The fourth-order valence-corrected chi connectivity index (χ4v) is 2.60. The van der Waals surface area contributed by atoms with Crippen LogP contribution in [-0.2, 0) is 4.74 Å². The number of nitrogens with one attached hydrogen (secondary N) is 1. The van der Waals surface area contributed by atoms with Crippen LogP contribution in [0.2, 0.25) is 0 Å². The van der Waals surface area contributed by atoms with Gasteiger partial charge in [-0.25, -0.2) is 0 Å². The van der Waals surface area contributed by atoms with Gasteiger partial charge in [0.2, 0.25) is 0 Å². The third-order valence-electron chi connectivity index (χ3n) is 4.05. The zero-order chi connectivity index (χ0) is 13.1. The molecule has 0 spiro atoms. The number of fused-ring (bicyclic) bond motifs is 1. The van der Waals surface area contributed by atoms with Gasteiger partial charge < -0.3 is 10.1 Å². The first-order valence-electron chi connectivity index (χ1n) is 6.92. The van der Waals surface area contributed by atoms with Gasteiger partial charge in [-0.1, -0.05) is 25.1 Å². The lowest BCUT2D eigenvalue weighted by Gasteiger charge is -2.34. The Morgan fingerprint density at radius 1 is 1.21 bits per heavy atom. The minimum absolute atomic E-state index is 0.336. The average molecular weight is 256 g/mol. The van der Waals surface area contributed by atoms with E-state index in [2.05, 4.69) is 41.5 Å². The van der Waals surface area contributed by atoms with E-state index in [-0.39, 0.29) is 0 Å². The molecule has 0 unspecified atom stereocenters. The minimum atomic E-state index is 0.336. The summed E-state index contributed by atoms with van der Waals surface area (Å²) in [4.78, 5) is 4.39. The lowest BCUT2D eigenvalue weighted by Crippen LogP contribution is -2.33. The zero-order valence-corrected chi connectivity index (χ0v) is 11.4. The van der Waals surface area contributed by atoms with Crippen molar-refractivity contribution in [2.75, 3.05) is 25.1 Å². The van der Waals surface area contributed by atoms with E-state index < -0.39 is 0 Å². The molecule has 1 N–H and O–H groups in total. The van der Waals surface area contributed by atoms with Crippen LogP contribution in [0.25, 0.3) is 10.9 Å².